The average molecular weight is 307 g/mol. The van der Waals surface area contributed by atoms with Crippen LogP contribution in [0.5, 0.6) is 0 Å². The zero-order valence-electron chi connectivity index (χ0n) is 13.5. The van der Waals surface area contributed by atoms with Crippen LogP contribution in [0.1, 0.15) is 49.6 Å². The Balaban J connectivity index is 2.01. The van der Waals surface area contributed by atoms with E-state index in [9.17, 15) is 4.79 Å². The summed E-state index contributed by atoms with van der Waals surface area (Å²) in [7, 11) is 0. The van der Waals surface area contributed by atoms with Gasteiger partial charge in [-0.05, 0) is 58.3 Å². The maximum Gasteiger partial charge on any atom is 0.223 e. The Morgan fingerprint density at radius 2 is 1.95 bits per heavy atom. The SMILES string of the molecule is CSc1nc(C)c(CCC(=O)N2CCCCC2C)c(C)n1. The molecule has 0 radical (unpaired) electrons. The third kappa shape index (κ3) is 3.96. The lowest BCUT2D eigenvalue weighted by molar-refractivity contribution is -0.134. The fourth-order valence-electron chi connectivity index (χ4n) is 3.01. The number of hydrogen-bond donors (Lipinski definition) is 0. The van der Waals surface area contributed by atoms with E-state index in [1.165, 1.54) is 6.42 Å². The maximum absolute atomic E-state index is 12.4. The van der Waals surface area contributed by atoms with Gasteiger partial charge in [0, 0.05) is 30.4 Å². The third-order valence-electron chi connectivity index (χ3n) is 4.29. The van der Waals surface area contributed by atoms with Crippen molar-refractivity contribution in [3.05, 3.63) is 17.0 Å². The van der Waals surface area contributed by atoms with Gasteiger partial charge in [0.25, 0.3) is 0 Å². The van der Waals surface area contributed by atoms with E-state index < -0.39 is 0 Å². The van der Waals surface area contributed by atoms with Crippen molar-refractivity contribution in [1.29, 1.82) is 0 Å². The number of aromatic nitrogens is 2. The van der Waals surface area contributed by atoms with E-state index in [0.29, 0.717) is 12.5 Å². The summed E-state index contributed by atoms with van der Waals surface area (Å²) >= 11 is 1.56. The van der Waals surface area contributed by atoms with Crippen molar-refractivity contribution in [3.63, 3.8) is 0 Å². The van der Waals surface area contributed by atoms with E-state index >= 15 is 0 Å². The Morgan fingerprint density at radius 3 is 2.52 bits per heavy atom. The summed E-state index contributed by atoms with van der Waals surface area (Å²) in [5, 5.41) is 0.810. The predicted molar refractivity (Wildman–Crippen MR) is 86.6 cm³/mol. The zero-order chi connectivity index (χ0) is 15.4. The lowest BCUT2D eigenvalue weighted by Gasteiger charge is -2.33. The van der Waals surface area contributed by atoms with Gasteiger partial charge in [0.1, 0.15) is 0 Å². The number of hydrogen-bond acceptors (Lipinski definition) is 4. The lowest BCUT2D eigenvalue weighted by Crippen LogP contribution is -2.42. The number of amides is 1. The minimum Gasteiger partial charge on any atom is -0.340 e. The van der Waals surface area contributed by atoms with Gasteiger partial charge in [0.2, 0.25) is 5.91 Å². The number of carbonyl (C=O) groups is 1. The molecule has 116 valence electrons. The molecule has 2 rings (SSSR count). The van der Waals surface area contributed by atoms with Crippen molar-refractivity contribution >= 4 is 17.7 Å². The molecule has 1 aromatic rings. The van der Waals surface area contributed by atoms with Crippen LogP contribution < -0.4 is 0 Å². The van der Waals surface area contributed by atoms with Crippen LogP contribution in [-0.4, -0.2) is 39.6 Å². The molecule has 1 atom stereocenters. The first-order chi connectivity index (χ1) is 10.0. The van der Waals surface area contributed by atoms with Crippen molar-refractivity contribution in [2.75, 3.05) is 12.8 Å². The van der Waals surface area contributed by atoms with Crippen LogP contribution in [0.3, 0.4) is 0 Å². The normalized spacial score (nSPS) is 18.9. The van der Waals surface area contributed by atoms with E-state index in [-0.39, 0.29) is 5.91 Å². The van der Waals surface area contributed by atoms with Crippen LogP contribution in [0.25, 0.3) is 0 Å². The van der Waals surface area contributed by atoms with Gasteiger partial charge in [-0.15, -0.1) is 0 Å². The molecule has 0 aliphatic carbocycles. The molecule has 2 heterocycles. The molecule has 0 N–H and O–H groups in total. The molecule has 1 aliphatic heterocycles. The largest absolute Gasteiger partial charge is 0.340 e. The zero-order valence-corrected chi connectivity index (χ0v) is 14.3. The quantitative estimate of drug-likeness (QED) is 0.633. The van der Waals surface area contributed by atoms with E-state index in [2.05, 4.69) is 16.9 Å². The molecular formula is C16H25N3OS. The summed E-state index contributed by atoms with van der Waals surface area (Å²) < 4.78 is 0. The topological polar surface area (TPSA) is 46.1 Å². The van der Waals surface area contributed by atoms with Crippen molar-refractivity contribution in [1.82, 2.24) is 14.9 Å². The lowest BCUT2D eigenvalue weighted by atomic mass is 10.0. The van der Waals surface area contributed by atoms with E-state index in [4.69, 9.17) is 0 Å². The highest BCUT2D eigenvalue weighted by Crippen LogP contribution is 2.20. The Kier molecular flexibility index (Phi) is 5.62. The van der Waals surface area contributed by atoms with E-state index in [0.717, 1.165) is 47.9 Å². The van der Waals surface area contributed by atoms with Gasteiger partial charge in [-0.2, -0.15) is 0 Å². The second-order valence-corrected chi connectivity index (χ2v) is 6.57. The summed E-state index contributed by atoms with van der Waals surface area (Å²) in [4.78, 5) is 23.4. The smallest absolute Gasteiger partial charge is 0.223 e. The Bertz CT molecular complexity index is 495. The molecule has 1 aromatic heterocycles. The molecule has 0 spiro atoms. The Labute approximate surface area is 131 Å². The number of nitrogens with zero attached hydrogens (tertiary/aromatic N) is 3. The molecule has 5 heteroatoms. The van der Waals surface area contributed by atoms with Gasteiger partial charge in [0.05, 0.1) is 0 Å². The fourth-order valence-corrected chi connectivity index (χ4v) is 3.46. The molecule has 1 fully saturated rings. The van der Waals surface area contributed by atoms with Gasteiger partial charge in [-0.3, -0.25) is 4.79 Å². The standard InChI is InChI=1S/C16H25N3OS/c1-11-7-5-6-10-19(11)15(20)9-8-14-12(2)17-16(21-4)18-13(14)3/h11H,5-10H2,1-4H3. The summed E-state index contributed by atoms with van der Waals surface area (Å²) in [6.45, 7) is 7.10. The molecule has 1 aliphatic rings. The van der Waals surface area contributed by atoms with Crippen LogP contribution in [0, 0.1) is 13.8 Å². The van der Waals surface area contributed by atoms with Crippen LogP contribution in [0.15, 0.2) is 5.16 Å². The van der Waals surface area contributed by atoms with Gasteiger partial charge >= 0.3 is 0 Å². The summed E-state index contributed by atoms with van der Waals surface area (Å²) in [5.41, 5.74) is 3.14. The predicted octanol–water partition coefficient (Wildman–Crippen LogP) is 3.15. The number of piperidine rings is 1. The number of thioether (sulfide) groups is 1. The first-order valence-electron chi connectivity index (χ1n) is 7.70. The monoisotopic (exact) mass is 307 g/mol. The molecule has 1 amide bonds. The number of likely N-dealkylation sites (tertiary alicyclic amines) is 1. The fraction of sp³-hybridized carbons (Fsp3) is 0.688. The molecule has 1 saturated heterocycles. The highest BCUT2D eigenvalue weighted by Gasteiger charge is 2.23. The van der Waals surface area contributed by atoms with Crippen LogP contribution in [-0.2, 0) is 11.2 Å². The average Bonchev–Trinajstić information content (AvgIpc) is 2.46. The second-order valence-electron chi connectivity index (χ2n) is 5.79. The number of carbonyl (C=O) groups excluding carboxylic acids is 1. The molecule has 0 aromatic carbocycles. The number of aryl methyl sites for hydroxylation is 2. The maximum atomic E-state index is 12.4. The highest BCUT2D eigenvalue weighted by molar-refractivity contribution is 7.98. The van der Waals surface area contributed by atoms with E-state index in [1.54, 1.807) is 11.8 Å². The minimum absolute atomic E-state index is 0.273. The second kappa shape index (κ2) is 7.25. The minimum atomic E-state index is 0.273. The van der Waals surface area contributed by atoms with Gasteiger partial charge in [0.15, 0.2) is 5.16 Å². The first-order valence-corrected chi connectivity index (χ1v) is 8.93. The van der Waals surface area contributed by atoms with Crippen molar-refractivity contribution in [2.24, 2.45) is 0 Å². The highest BCUT2D eigenvalue weighted by atomic mass is 32.2. The Morgan fingerprint density at radius 1 is 1.29 bits per heavy atom. The molecule has 0 bridgehead atoms. The molecule has 1 unspecified atom stereocenters. The van der Waals surface area contributed by atoms with Crippen molar-refractivity contribution in [3.8, 4) is 0 Å². The number of rotatable bonds is 4. The molecule has 21 heavy (non-hydrogen) atoms. The van der Waals surface area contributed by atoms with Crippen LogP contribution >= 0.6 is 11.8 Å². The van der Waals surface area contributed by atoms with E-state index in [1.807, 2.05) is 25.0 Å². The summed E-state index contributed by atoms with van der Waals surface area (Å²) in [5.74, 6) is 0.273. The van der Waals surface area contributed by atoms with Crippen LogP contribution in [0.2, 0.25) is 0 Å². The van der Waals surface area contributed by atoms with Crippen molar-refractivity contribution in [2.45, 2.75) is 64.1 Å². The molecular weight excluding hydrogens is 282 g/mol. The van der Waals surface area contributed by atoms with Gasteiger partial charge in [-0.25, -0.2) is 9.97 Å². The third-order valence-corrected chi connectivity index (χ3v) is 4.84. The van der Waals surface area contributed by atoms with Crippen molar-refractivity contribution < 1.29 is 4.79 Å². The summed E-state index contributed by atoms with van der Waals surface area (Å²) in [6.07, 6.45) is 6.81. The Hall–Kier alpha value is -1.10. The van der Waals surface area contributed by atoms with Gasteiger partial charge in [-0.1, -0.05) is 11.8 Å². The van der Waals surface area contributed by atoms with Crippen LogP contribution in [0.4, 0.5) is 0 Å². The van der Waals surface area contributed by atoms with Gasteiger partial charge < -0.3 is 4.90 Å². The molecule has 0 saturated carbocycles. The molecule has 4 nitrogen and oxygen atoms in total. The first kappa shape index (κ1) is 16.3. The summed E-state index contributed by atoms with van der Waals surface area (Å²) in [6, 6.07) is 0.392.